The summed E-state index contributed by atoms with van der Waals surface area (Å²) < 4.78 is 1.13. The van der Waals surface area contributed by atoms with Gasteiger partial charge in [-0.15, -0.1) is 0 Å². The van der Waals surface area contributed by atoms with Crippen molar-refractivity contribution in [2.75, 3.05) is 0 Å². The molecule has 1 spiro atoms. The van der Waals surface area contributed by atoms with Crippen molar-refractivity contribution in [3.63, 3.8) is 0 Å². The van der Waals surface area contributed by atoms with Gasteiger partial charge < -0.3 is 0 Å². The van der Waals surface area contributed by atoms with Crippen LogP contribution >= 0.6 is 15.9 Å². The van der Waals surface area contributed by atoms with Crippen LogP contribution in [0.5, 0.6) is 0 Å². The molecule has 2 aromatic carbocycles. The summed E-state index contributed by atoms with van der Waals surface area (Å²) in [5.41, 5.74) is 9.24. The second kappa shape index (κ2) is 4.89. The third-order valence-electron chi connectivity index (χ3n) is 5.67. The minimum absolute atomic E-state index is 0.344. The Bertz CT molecular complexity index is 1170. The highest BCUT2D eigenvalue weighted by atomic mass is 79.9. The summed E-state index contributed by atoms with van der Waals surface area (Å²) in [4.78, 5) is 9.43. The zero-order valence-corrected chi connectivity index (χ0v) is 15.4. The highest BCUT2D eigenvalue weighted by molar-refractivity contribution is 9.10. The number of aromatic nitrogens is 2. The number of benzene rings is 2. The van der Waals surface area contributed by atoms with E-state index in [1.807, 2.05) is 24.5 Å². The van der Waals surface area contributed by atoms with Gasteiger partial charge in [-0.2, -0.15) is 0 Å². The molecule has 2 aromatic heterocycles. The predicted octanol–water partition coefficient (Wildman–Crippen LogP) is 5.58. The van der Waals surface area contributed by atoms with Crippen LogP contribution in [0.1, 0.15) is 22.3 Å². The molecule has 0 radical (unpaired) electrons. The smallest absolute Gasteiger partial charge is 0.0937 e. The SMILES string of the molecule is Brc1cccc2c1-c1ccccc1C21c2cccnc2-c2ncccc21. The molecular formula is C23H13BrN2. The molecule has 0 fully saturated rings. The van der Waals surface area contributed by atoms with Gasteiger partial charge in [0.15, 0.2) is 0 Å². The molecule has 2 heterocycles. The van der Waals surface area contributed by atoms with E-state index in [0.717, 1.165) is 15.9 Å². The van der Waals surface area contributed by atoms with Crippen molar-refractivity contribution < 1.29 is 0 Å². The first kappa shape index (κ1) is 14.4. The van der Waals surface area contributed by atoms with Gasteiger partial charge in [0, 0.05) is 22.4 Å². The predicted molar refractivity (Wildman–Crippen MR) is 106 cm³/mol. The summed E-state index contributed by atoms with van der Waals surface area (Å²) in [5, 5.41) is 0. The molecule has 0 saturated heterocycles. The zero-order chi connectivity index (χ0) is 17.3. The van der Waals surface area contributed by atoms with Crippen LogP contribution in [-0.2, 0) is 5.41 Å². The van der Waals surface area contributed by atoms with Crippen molar-refractivity contribution in [3.8, 4) is 22.5 Å². The lowest BCUT2D eigenvalue weighted by molar-refractivity contribution is 0.789. The highest BCUT2D eigenvalue weighted by Gasteiger charge is 2.53. The second-order valence-corrected chi connectivity index (χ2v) is 7.61. The number of fused-ring (bicyclic) bond motifs is 10. The van der Waals surface area contributed by atoms with Gasteiger partial charge >= 0.3 is 0 Å². The summed E-state index contributed by atoms with van der Waals surface area (Å²) >= 11 is 3.80. The third kappa shape index (κ3) is 1.49. The van der Waals surface area contributed by atoms with Gasteiger partial charge in [-0.25, -0.2) is 0 Å². The number of nitrogens with zero attached hydrogens (tertiary/aromatic N) is 2. The van der Waals surface area contributed by atoms with Gasteiger partial charge in [-0.05, 0) is 46.0 Å². The van der Waals surface area contributed by atoms with Crippen LogP contribution < -0.4 is 0 Å². The van der Waals surface area contributed by atoms with Crippen LogP contribution in [0.3, 0.4) is 0 Å². The molecule has 26 heavy (non-hydrogen) atoms. The Kier molecular flexibility index (Phi) is 2.71. The summed E-state index contributed by atoms with van der Waals surface area (Å²) in [5.74, 6) is 0. The quantitative estimate of drug-likeness (QED) is 0.334. The second-order valence-electron chi connectivity index (χ2n) is 6.76. The summed E-state index contributed by atoms with van der Waals surface area (Å²) in [6.07, 6.45) is 3.72. The Morgan fingerprint density at radius 1 is 0.615 bits per heavy atom. The molecular weight excluding hydrogens is 384 g/mol. The van der Waals surface area contributed by atoms with E-state index in [0.29, 0.717) is 0 Å². The van der Waals surface area contributed by atoms with Crippen molar-refractivity contribution in [2.24, 2.45) is 0 Å². The van der Waals surface area contributed by atoms with E-state index in [9.17, 15) is 0 Å². The monoisotopic (exact) mass is 396 g/mol. The van der Waals surface area contributed by atoms with E-state index >= 15 is 0 Å². The molecule has 0 N–H and O–H groups in total. The Morgan fingerprint density at radius 2 is 1.23 bits per heavy atom. The van der Waals surface area contributed by atoms with E-state index in [2.05, 4.69) is 70.5 Å². The van der Waals surface area contributed by atoms with Gasteiger partial charge in [0.1, 0.15) is 0 Å². The van der Waals surface area contributed by atoms with E-state index in [1.165, 1.54) is 33.4 Å². The fourth-order valence-electron chi connectivity index (χ4n) is 4.80. The Hall–Kier alpha value is -2.78. The molecule has 0 bridgehead atoms. The van der Waals surface area contributed by atoms with Crippen LogP contribution in [0.2, 0.25) is 0 Å². The fourth-order valence-corrected chi connectivity index (χ4v) is 5.38. The van der Waals surface area contributed by atoms with Gasteiger partial charge in [-0.1, -0.05) is 64.5 Å². The molecule has 0 atom stereocenters. The summed E-state index contributed by atoms with van der Waals surface area (Å²) in [6.45, 7) is 0. The number of hydrogen-bond donors (Lipinski definition) is 0. The number of rotatable bonds is 0. The lowest BCUT2D eigenvalue weighted by atomic mass is 9.71. The van der Waals surface area contributed by atoms with Crippen molar-refractivity contribution in [2.45, 2.75) is 5.41 Å². The summed E-state index contributed by atoms with van der Waals surface area (Å²) in [6, 6.07) is 23.7. The first-order valence-electron chi connectivity index (χ1n) is 8.63. The van der Waals surface area contributed by atoms with Gasteiger partial charge in [-0.3, -0.25) is 9.97 Å². The number of hydrogen-bond acceptors (Lipinski definition) is 2. The zero-order valence-electron chi connectivity index (χ0n) is 13.8. The Labute approximate surface area is 159 Å². The van der Waals surface area contributed by atoms with Gasteiger partial charge in [0.2, 0.25) is 0 Å². The molecule has 3 heteroatoms. The lowest BCUT2D eigenvalue weighted by Gasteiger charge is -2.29. The lowest BCUT2D eigenvalue weighted by Crippen LogP contribution is -2.25. The minimum Gasteiger partial charge on any atom is -0.254 e. The van der Waals surface area contributed by atoms with Crippen LogP contribution in [0.15, 0.2) is 83.6 Å². The van der Waals surface area contributed by atoms with E-state index in [4.69, 9.17) is 9.97 Å². The first-order chi connectivity index (χ1) is 12.8. The fraction of sp³-hybridized carbons (Fsp3) is 0.0435. The molecule has 0 unspecified atom stereocenters. The van der Waals surface area contributed by atoms with Crippen LogP contribution in [0.25, 0.3) is 22.5 Å². The van der Waals surface area contributed by atoms with Crippen LogP contribution in [0.4, 0.5) is 0 Å². The van der Waals surface area contributed by atoms with Gasteiger partial charge in [0.05, 0.1) is 16.8 Å². The molecule has 2 aliphatic carbocycles. The normalized spacial score (nSPS) is 14.7. The largest absolute Gasteiger partial charge is 0.254 e. The van der Waals surface area contributed by atoms with E-state index in [1.54, 1.807) is 0 Å². The Morgan fingerprint density at radius 3 is 1.96 bits per heavy atom. The molecule has 2 nitrogen and oxygen atoms in total. The first-order valence-corrected chi connectivity index (χ1v) is 9.43. The van der Waals surface area contributed by atoms with Crippen LogP contribution in [0, 0.1) is 0 Å². The van der Waals surface area contributed by atoms with E-state index in [-0.39, 0.29) is 5.41 Å². The molecule has 122 valence electrons. The topological polar surface area (TPSA) is 25.8 Å². The van der Waals surface area contributed by atoms with Crippen molar-refractivity contribution >= 4 is 15.9 Å². The Balaban J connectivity index is 1.89. The molecule has 0 amide bonds. The van der Waals surface area contributed by atoms with Crippen molar-refractivity contribution in [3.05, 3.63) is 106 Å². The number of halogens is 1. The van der Waals surface area contributed by atoms with E-state index < -0.39 is 0 Å². The molecule has 0 saturated carbocycles. The van der Waals surface area contributed by atoms with Crippen molar-refractivity contribution in [1.29, 1.82) is 0 Å². The standard InChI is InChI=1S/C23H13BrN2/c24-19-11-3-8-16-20(19)14-6-1-2-7-15(14)23(16)17-9-4-12-25-21(17)22-18(23)10-5-13-26-22/h1-13H. The van der Waals surface area contributed by atoms with Gasteiger partial charge in [0.25, 0.3) is 0 Å². The number of pyridine rings is 2. The minimum atomic E-state index is -0.344. The molecule has 4 aromatic rings. The molecule has 0 aliphatic heterocycles. The van der Waals surface area contributed by atoms with Crippen LogP contribution in [-0.4, -0.2) is 9.97 Å². The maximum atomic E-state index is 4.71. The summed E-state index contributed by atoms with van der Waals surface area (Å²) in [7, 11) is 0. The maximum absolute atomic E-state index is 4.71. The average molecular weight is 397 g/mol. The molecule has 2 aliphatic rings. The highest BCUT2D eigenvalue weighted by Crippen LogP contribution is 2.62. The average Bonchev–Trinajstić information content (AvgIpc) is 3.16. The third-order valence-corrected chi connectivity index (χ3v) is 6.33. The maximum Gasteiger partial charge on any atom is 0.0937 e. The molecule has 6 rings (SSSR count). The van der Waals surface area contributed by atoms with Crippen molar-refractivity contribution in [1.82, 2.24) is 9.97 Å².